The molecule has 3 N–H and O–H groups in total. The molecule has 0 radical (unpaired) electrons. The van der Waals surface area contributed by atoms with Crippen molar-refractivity contribution in [2.75, 3.05) is 11.1 Å². The van der Waals surface area contributed by atoms with Crippen molar-refractivity contribution in [2.24, 2.45) is 0 Å². The van der Waals surface area contributed by atoms with Crippen molar-refractivity contribution in [3.8, 4) is 5.69 Å². The van der Waals surface area contributed by atoms with E-state index in [-0.39, 0.29) is 27.2 Å². The van der Waals surface area contributed by atoms with Gasteiger partial charge in [0.2, 0.25) is 5.95 Å². The number of anilines is 3. The molecule has 0 saturated heterocycles. The predicted octanol–water partition coefficient (Wildman–Crippen LogP) is 3.81. The van der Waals surface area contributed by atoms with Gasteiger partial charge in [0.05, 0.1) is 21.1 Å². The number of aromatic nitrogens is 4. The van der Waals surface area contributed by atoms with Crippen molar-refractivity contribution < 1.29 is 0 Å². The second-order valence-electron chi connectivity index (χ2n) is 5.61. The SMILES string of the molecule is Nc1c2cnc(Nc3ccccc3)nc2nc(=O)n1-c1c(Cl)cccc1Cl. The summed E-state index contributed by atoms with van der Waals surface area (Å²) in [5, 5.41) is 4.01. The molecule has 0 bridgehead atoms. The number of benzene rings is 2. The Hall–Kier alpha value is -3.16. The van der Waals surface area contributed by atoms with Gasteiger partial charge in [-0.1, -0.05) is 47.5 Å². The van der Waals surface area contributed by atoms with Gasteiger partial charge in [-0.15, -0.1) is 0 Å². The number of fused-ring (bicyclic) bond motifs is 1. The minimum Gasteiger partial charge on any atom is -0.384 e. The Kier molecular flexibility index (Phi) is 4.39. The van der Waals surface area contributed by atoms with Crippen LogP contribution in [0.1, 0.15) is 0 Å². The molecule has 0 aliphatic carbocycles. The third kappa shape index (κ3) is 3.18. The summed E-state index contributed by atoms with van der Waals surface area (Å²) >= 11 is 12.4. The van der Waals surface area contributed by atoms with Crippen LogP contribution in [0.5, 0.6) is 0 Å². The van der Waals surface area contributed by atoms with Crippen molar-refractivity contribution in [3.05, 3.63) is 75.3 Å². The van der Waals surface area contributed by atoms with Crippen molar-refractivity contribution >= 4 is 51.7 Å². The highest BCUT2D eigenvalue weighted by atomic mass is 35.5. The normalized spacial score (nSPS) is 10.9. The molecule has 9 heteroatoms. The molecule has 0 atom stereocenters. The van der Waals surface area contributed by atoms with E-state index < -0.39 is 5.69 Å². The van der Waals surface area contributed by atoms with Gasteiger partial charge in [0.25, 0.3) is 0 Å². The molecule has 4 aromatic rings. The Morgan fingerprint density at radius 3 is 2.37 bits per heavy atom. The lowest BCUT2D eigenvalue weighted by molar-refractivity contribution is 0.940. The number of nitrogen functional groups attached to an aromatic ring is 1. The summed E-state index contributed by atoms with van der Waals surface area (Å²) in [7, 11) is 0. The summed E-state index contributed by atoms with van der Waals surface area (Å²) < 4.78 is 1.15. The molecule has 2 aromatic carbocycles. The Morgan fingerprint density at radius 1 is 0.963 bits per heavy atom. The average molecular weight is 399 g/mol. The number of halogens is 2. The molecule has 2 heterocycles. The molecule has 2 aromatic heterocycles. The summed E-state index contributed by atoms with van der Waals surface area (Å²) in [4.78, 5) is 25.1. The molecule has 4 rings (SSSR count). The quantitative estimate of drug-likeness (QED) is 0.544. The molecule has 0 aliphatic heterocycles. The van der Waals surface area contributed by atoms with E-state index >= 15 is 0 Å². The summed E-state index contributed by atoms with van der Waals surface area (Å²) in [6.45, 7) is 0. The molecule has 27 heavy (non-hydrogen) atoms. The van der Waals surface area contributed by atoms with Gasteiger partial charge in [0, 0.05) is 11.9 Å². The molecule has 0 aliphatic rings. The van der Waals surface area contributed by atoms with E-state index in [0.717, 1.165) is 10.3 Å². The third-order valence-electron chi connectivity index (χ3n) is 3.87. The Morgan fingerprint density at radius 2 is 1.67 bits per heavy atom. The number of nitrogens with zero attached hydrogens (tertiary/aromatic N) is 4. The highest BCUT2D eigenvalue weighted by molar-refractivity contribution is 6.37. The second-order valence-corrected chi connectivity index (χ2v) is 6.42. The van der Waals surface area contributed by atoms with Crippen LogP contribution in [0.15, 0.2) is 59.5 Å². The van der Waals surface area contributed by atoms with E-state index in [1.807, 2.05) is 30.3 Å². The molecule has 7 nitrogen and oxygen atoms in total. The van der Waals surface area contributed by atoms with Crippen molar-refractivity contribution in [2.45, 2.75) is 0 Å². The van der Waals surface area contributed by atoms with Crippen molar-refractivity contribution in [3.63, 3.8) is 0 Å². The zero-order valence-electron chi connectivity index (χ0n) is 13.7. The maximum atomic E-state index is 12.6. The zero-order chi connectivity index (χ0) is 19.0. The number of nitrogens with one attached hydrogen (secondary N) is 1. The fourth-order valence-electron chi connectivity index (χ4n) is 2.63. The van der Waals surface area contributed by atoms with E-state index in [0.29, 0.717) is 11.3 Å². The van der Waals surface area contributed by atoms with Crippen LogP contribution in [0, 0.1) is 0 Å². The van der Waals surface area contributed by atoms with E-state index in [1.54, 1.807) is 18.2 Å². The minimum atomic E-state index is -0.639. The predicted molar refractivity (Wildman–Crippen MR) is 107 cm³/mol. The first kappa shape index (κ1) is 17.3. The topological polar surface area (TPSA) is 98.7 Å². The number of hydrogen-bond donors (Lipinski definition) is 2. The molecule has 0 unspecified atom stereocenters. The minimum absolute atomic E-state index is 0.103. The summed E-state index contributed by atoms with van der Waals surface area (Å²) in [5.74, 6) is 0.403. The van der Waals surface area contributed by atoms with Crippen LogP contribution in [0.3, 0.4) is 0 Å². The molecular formula is C18H12Cl2N6O. The maximum Gasteiger partial charge on any atom is 0.355 e. The van der Waals surface area contributed by atoms with Crippen LogP contribution in [-0.4, -0.2) is 19.5 Å². The van der Waals surface area contributed by atoms with E-state index in [2.05, 4.69) is 20.3 Å². The highest BCUT2D eigenvalue weighted by Crippen LogP contribution is 2.30. The molecule has 0 spiro atoms. The fourth-order valence-corrected chi connectivity index (χ4v) is 3.20. The van der Waals surface area contributed by atoms with Crippen molar-refractivity contribution in [1.82, 2.24) is 19.5 Å². The largest absolute Gasteiger partial charge is 0.384 e. The van der Waals surface area contributed by atoms with Gasteiger partial charge >= 0.3 is 5.69 Å². The van der Waals surface area contributed by atoms with Crippen LogP contribution in [0.4, 0.5) is 17.5 Å². The monoisotopic (exact) mass is 398 g/mol. The zero-order valence-corrected chi connectivity index (χ0v) is 15.2. The first-order chi connectivity index (χ1) is 13.0. The lowest BCUT2D eigenvalue weighted by atomic mass is 10.3. The van der Waals surface area contributed by atoms with Crippen LogP contribution in [0.25, 0.3) is 16.7 Å². The first-order valence-electron chi connectivity index (χ1n) is 7.86. The Balaban J connectivity index is 1.86. The van der Waals surface area contributed by atoms with Crippen LogP contribution >= 0.6 is 23.2 Å². The number of para-hydroxylation sites is 2. The second kappa shape index (κ2) is 6.86. The first-order valence-corrected chi connectivity index (χ1v) is 8.62. The summed E-state index contributed by atoms with van der Waals surface area (Å²) in [5.41, 5.74) is 6.80. The number of nitrogens with two attached hydrogens (primary N) is 1. The molecular weight excluding hydrogens is 387 g/mol. The van der Waals surface area contributed by atoms with Gasteiger partial charge in [-0.3, -0.25) is 0 Å². The Labute approximate surface area is 163 Å². The van der Waals surface area contributed by atoms with Gasteiger partial charge < -0.3 is 11.1 Å². The van der Waals surface area contributed by atoms with Gasteiger partial charge in [0.15, 0.2) is 5.65 Å². The van der Waals surface area contributed by atoms with Gasteiger partial charge in [-0.05, 0) is 24.3 Å². The van der Waals surface area contributed by atoms with Crippen LogP contribution in [-0.2, 0) is 0 Å². The van der Waals surface area contributed by atoms with E-state index in [1.165, 1.54) is 6.20 Å². The summed E-state index contributed by atoms with van der Waals surface area (Å²) in [6.07, 6.45) is 1.50. The fraction of sp³-hybridized carbons (Fsp3) is 0. The van der Waals surface area contributed by atoms with Crippen LogP contribution < -0.4 is 16.7 Å². The smallest absolute Gasteiger partial charge is 0.355 e. The van der Waals surface area contributed by atoms with Gasteiger partial charge in [-0.25, -0.2) is 14.3 Å². The molecule has 0 saturated carbocycles. The Bertz CT molecular complexity index is 1190. The highest BCUT2D eigenvalue weighted by Gasteiger charge is 2.17. The van der Waals surface area contributed by atoms with Gasteiger partial charge in [-0.2, -0.15) is 9.97 Å². The third-order valence-corrected chi connectivity index (χ3v) is 4.48. The standard InChI is InChI=1S/C18H12Cl2N6O/c19-12-7-4-8-13(20)14(12)26-15(21)11-9-22-17(24-16(11)25-18(26)27)23-10-5-2-1-3-6-10/h1-9H,21H2,(H,23,24,25,27). The maximum absolute atomic E-state index is 12.6. The average Bonchev–Trinajstić information content (AvgIpc) is 2.64. The van der Waals surface area contributed by atoms with Crippen molar-refractivity contribution in [1.29, 1.82) is 0 Å². The molecule has 0 amide bonds. The lowest BCUT2D eigenvalue weighted by Crippen LogP contribution is -2.25. The molecule has 0 fully saturated rings. The lowest BCUT2D eigenvalue weighted by Gasteiger charge is -2.14. The number of hydrogen-bond acceptors (Lipinski definition) is 6. The van der Waals surface area contributed by atoms with E-state index in [4.69, 9.17) is 28.9 Å². The van der Waals surface area contributed by atoms with Crippen LogP contribution in [0.2, 0.25) is 10.0 Å². The molecule has 134 valence electrons. The van der Waals surface area contributed by atoms with E-state index in [9.17, 15) is 4.79 Å². The number of rotatable bonds is 3. The summed E-state index contributed by atoms with van der Waals surface area (Å²) in [6, 6.07) is 14.3. The van der Waals surface area contributed by atoms with Gasteiger partial charge in [0.1, 0.15) is 5.82 Å².